The van der Waals surface area contributed by atoms with Gasteiger partial charge in [0.25, 0.3) is 11.8 Å². The van der Waals surface area contributed by atoms with E-state index in [4.69, 9.17) is 0 Å². The summed E-state index contributed by atoms with van der Waals surface area (Å²) in [4.78, 5) is 28.4. The fraction of sp³-hybridized carbons (Fsp3) is 0.304. The van der Waals surface area contributed by atoms with Gasteiger partial charge < -0.3 is 4.90 Å². The molecule has 0 radical (unpaired) electrons. The lowest BCUT2D eigenvalue weighted by Crippen LogP contribution is -2.31. The molecule has 0 saturated carbocycles. The van der Waals surface area contributed by atoms with E-state index in [0.29, 0.717) is 17.7 Å². The van der Waals surface area contributed by atoms with Crippen LogP contribution in [0.2, 0.25) is 0 Å². The summed E-state index contributed by atoms with van der Waals surface area (Å²) >= 11 is 0. The zero-order chi connectivity index (χ0) is 18.6. The summed E-state index contributed by atoms with van der Waals surface area (Å²) in [7, 11) is 0. The van der Waals surface area contributed by atoms with Crippen LogP contribution in [0.25, 0.3) is 0 Å². The van der Waals surface area contributed by atoms with Gasteiger partial charge in [0.05, 0.1) is 11.1 Å². The van der Waals surface area contributed by atoms with Crippen molar-refractivity contribution in [3.8, 4) is 0 Å². The number of allylic oxidation sites excluding steroid dienone is 6. The van der Waals surface area contributed by atoms with E-state index >= 15 is 0 Å². The zero-order valence-electron chi connectivity index (χ0n) is 15.4. The van der Waals surface area contributed by atoms with Gasteiger partial charge in [0.15, 0.2) is 0 Å². The number of amides is 2. The molecule has 0 aromatic heterocycles. The number of unbranched alkanes of at least 4 members (excludes halogenated alkanes) is 1. The smallest absolute Gasteiger partial charge is 0.261 e. The number of carbonyl (C=O) groups is 2. The lowest BCUT2D eigenvalue weighted by atomic mass is 9.96. The minimum absolute atomic E-state index is 0.157. The van der Waals surface area contributed by atoms with E-state index in [1.807, 2.05) is 0 Å². The Labute approximate surface area is 160 Å². The normalized spacial score (nSPS) is 18.7. The van der Waals surface area contributed by atoms with Crippen LogP contribution in [0.5, 0.6) is 0 Å². The Morgan fingerprint density at radius 2 is 1.63 bits per heavy atom. The molecule has 2 amide bonds. The Hall–Kier alpha value is -2.88. The monoisotopic (exact) mass is 360 g/mol. The molecule has 0 saturated heterocycles. The van der Waals surface area contributed by atoms with E-state index in [-0.39, 0.29) is 11.8 Å². The van der Waals surface area contributed by atoms with Crippen LogP contribution in [0.15, 0.2) is 72.0 Å². The second kappa shape index (κ2) is 7.78. The minimum atomic E-state index is -0.157. The van der Waals surface area contributed by atoms with Crippen molar-refractivity contribution in [1.29, 1.82) is 0 Å². The Balaban J connectivity index is 1.22. The van der Waals surface area contributed by atoms with E-state index in [9.17, 15) is 9.59 Å². The molecule has 3 aliphatic rings. The van der Waals surface area contributed by atoms with Crippen LogP contribution in [0.3, 0.4) is 0 Å². The molecule has 0 bridgehead atoms. The SMILES string of the molecule is O=C1c2ccccc2C(=O)N1CCCCN1C=CC(C2=CCC=CC2)=CC1. The first kappa shape index (κ1) is 17.5. The van der Waals surface area contributed by atoms with Gasteiger partial charge >= 0.3 is 0 Å². The van der Waals surface area contributed by atoms with Crippen LogP contribution < -0.4 is 0 Å². The Morgan fingerprint density at radius 3 is 2.26 bits per heavy atom. The molecule has 0 unspecified atom stereocenters. The molecule has 2 aliphatic heterocycles. The molecule has 0 fully saturated rings. The third kappa shape index (κ3) is 3.65. The average molecular weight is 360 g/mol. The Morgan fingerprint density at radius 1 is 0.889 bits per heavy atom. The van der Waals surface area contributed by atoms with Gasteiger partial charge in [-0.05, 0) is 61.2 Å². The molecule has 27 heavy (non-hydrogen) atoms. The van der Waals surface area contributed by atoms with Crippen molar-refractivity contribution < 1.29 is 9.59 Å². The highest BCUT2D eigenvalue weighted by Gasteiger charge is 2.34. The first-order valence-electron chi connectivity index (χ1n) is 9.66. The molecule has 0 spiro atoms. The molecule has 2 heterocycles. The van der Waals surface area contributed by atoms with Gasteiger partial charge in [0.2, 0.25) is 0 Å². The van der Waals surface area contributed by atoms with Gasteiger partial charge in [-0.1, -0.05) is 36.4 Å². The second-order valence-corrected chi connectivity index (χ2v) is 7.13. The van der Waals surface area contributed by atoms with Crippen molar-refractivity contribution in [2.75, 3.05) is 19.6 Å². The minimum Gasteiger partial charge on any atom is -0.374 e. The van der Waals surface area contributed by atoms with E-state index in [2.05, 4.69) is 41.5 Å². The summed E-state index contributed by atoms with van der Waals surface area (Å²) in [6.45, 7) is 2.34. The average Bonchev–Trinajstić information content (AvgIpc) is 2.97. The van der Waals surface area contributed by atoms with Crippen LogP contribution in [0.4, 0.5) is 0 Å². The number of carbonyl (C=O) groups excluding carboxylic acids is 2. The second-order valence-electron chi connectivity index (χ2n) is 7.13. The van der Waals surface area contributed by atoms with E-state index < -0.39 is 0 Å². The molecule has 0 N–H and O–H groups in total. The van der Waals surface area contributed by atoms with E-state index in [1.165, 1.54) is 16.0 Å². The summed E-state index contributed by atoms with van der Waals surface area (Å²) in [5.74, 6) is -0.313. The van der Waals surface area contributed by atoms with Crippen molar-refractivity contribution in [1.82, 2.24) is 9.80 Å². The van der Waals surface area contributed by atoms with Crippen molar-refractivity contribution >= 4 is 11.8 Å². The number of fused-ring (bicyclic) bond motifs is 1. The van der Waals surface area contributed by atoms with Gasteiger partial charge in [0, 0.05) is 19.6 Å². The predicted molar refractivity (Wildman–Crippen MR) is 106 cm³/mol. The summed E-state index contributed by atoms with van der Waals surface area (Å²) in [6, 6.07) is 7.07. The molecule has 4 nitrogen and oxygen atoms in total. The van der Waals surface area contributed by atoms with Crippen LogP contribution in [0.1, 0.15) is 46.4 Å². The molecule has 4 heteroatoms. The highest BCUT2D eigenvalue weighted by molar-refractivity contribution is 6.21. The summed E-state index contributed by atoms with van der Waals surface area (Å²) in [6.07, 6.45) is 17.2. The maximum absolute atomic E-state index is 12.4. The van der Waals surface area contributed by atoms with Crippen LogP contribution in [-0.2, 0) is 0 Å². The van der Waals surface area contributed by atoms with Crippen LogP contribution >= 0.6 is 0 Å². The quantitative estimate of drug-likeness (QED) is 0.436. The van der Waals surface area contributed by atoms with Gasteiger partial charge in [-0.2, -0.15) is 0 Å². The largest absolute Gasteiger partial charge is 0.374 e. The van der Waals surface area contributed by atoms with Gasteiger partial charge in [-0.25, -0.2) is 0 Å². The molecular formula is C23H24N2O2. The first-order valence-corrected chi connectivity index (χ1v) is 9.66. The molecule has 1 aromatic rings. The van der Waals surface area contributed by atoms with Gasteiger partial charge in [-0.15, -0.1) is 0 Å². The van der Waals surface area contributed by atoms with Gasteiger partial charge in [-0.3, -0.25) is 14.5 Å². The standard InChI is InChI=1S/C23H24N2O2/c26-22-20-10-4-5-11-21(20)23(27)25(22)15-7-6-14-24-16-12-19(13-17-24)18-8-2-1-3-9-18/h1-2,4-5,9-13,16H,3,6-8,14-15,17H2. The van der Waals surface area contributed by atoms with Crippen molar-refractivity contribution in [3.63, 3.8) is 0 Å². The number of rotatable bonds is 6. The summed E-state index contributed by atoms with van der Waals surface area (Å²) in [5, 5.41) is 0. The Kier molecular flexibility index (Phi) is 5.05. The lowest BCUT2D eigenvalue weighted by molar-refractivity contribution is 0.0651. The van der Waals surface area contributed by atoms with Crippen molar-refractivity contribution in [2.24, 2.45) is 0 Å². The fourth-order valence-corrected chi connectivity index (χ4v) is 3.80. The van der Waals surface area contributed by atoms with Crippen molar-refractivity contribution in [3.05, 3.63) is 83.1 Å². The topological polar surface area (TPSA) is 40.6 Å². The molecule has 0 atom stereocenters. The predicted octanol–water partition coefficient (Wildman–Crippen LogP) is 4.09. The third-order valence-corrected chi connectivity index (χ3v) is 5.34. The highest BCUT2D eigenvalue weighted by Crippen LogP contribution is 2.24. The maximum Gasteiger partial charge on any atom is 0.261 e. The van der Waals surface area contributed by atoms with E-state index in [0.717, 1.165) is 38.8 Å². The number of hydrogen-bond donors (Lipinski definition) is 0. The molecular weight excluding hydrogens is 336 g/mol. The Bertz CT molecular complexity index is 841. The number of nitrogens with zero attached hydrogens (tertiary/aromatic N) is 2. The number of hydrogen-bond acceptors (Lipinski definition) is 3. The third-order valence-electron chi connectivity index (χ3n) is 5.34. The maximum atomic E-state index is 12.4. The number of benzene rings is 1. The first-order chi connectivity index (χ1) is 13.2. The van der Waals surface area contributed by atoms with Crippen LogP contribution in [-0.4, -0.2) is 41.2 Å². The highest BCUT2D eigenvalue weighted by atomic mass is 16.2. The summed E-state index contributed by atoms with van der Waals surface area (Å²) < 4.78 is 0. The molecule has 4 rings (SSSR count). The van der Waals surface area contributed by atoms with Crippen molar-refractivity contribution in [2.45, 2.75) is 25.7 Å². The van der Waals surface area contributed by atoms with Gasteiger partial charge in [0.1, 0.15) is 0 Å². The molecule has 1 aromatic carbocycles. The fourth-order valence-electron chi connectivity index (χ4n) is 3.80. The zero-order valence-corrected chi connectivity index (χ0v) is 15.4. The lowest BCUT2D eigenvalue weighted by Gasteiger charge is -2.24. The van der Waals surface area contributed by atoms with E-state index in [1.54, 1.807) is 24.3 Å². The molecule has 138 valence electrons. The number of imide groups is 1. The van der Waals surface area contributed by atoms with Crippen LogP contribution in [0, 0.1) is 0 Å². The molecule has 1 aliphatic carbocycles. The summed E-state index contributed by atoms with van der Waals surface area (Å²) in [5.41, 5.74) is 3.82.